The molecule has 0 fully saturated rings. The summed E-state index contributed by atoms with van der Waals surface area (Å²) in [6, 6.07) is 0. The van der Waals surface area contributed by atoms with Gasteiger partial charge in [-0.25, -0.2) is 0 Å². The molecule has 0 N–H and O–H groups in total. The molecule has 0 radical (unpaired) electrons. The third-order valence-electron chi connectivity index (χ3n) is 5.24. The summed E-state index contributed by atoms with van der Waals surface area (Å²) in [7, 11) is 0. The van der Waals surface area contributed by atoms with E-state index in [0.29, 0.717) is 0 Å². The van der Waals surface area contributed by atoms with Gasteiger partial charge < -0.3 is 0 Å². The Labute approximate surface area is 141 Å². The molecule has 0 unspecified atom stereocenters. The summed E-state index contributed by atoms with van der Waals surface area (Å²) >= 11 is 0. The van der Waals surface area contributed by atoms with Gasteiger partial charge in [0.05, 0.1) is 0 Å². The maximum absolute atomic E-state index is 2.52. The molecule has 130 valence electrons. The van der Waals surface area contributed by atoms with E-state index in [1.54, 1.807) is 5.57 Å². The van der Waals surface area contributed by atoms with Crippen molar-refractivity contribution >= 4 is 0 Å². The van der Waals surface area contributed by atoms with Crippen LogP contribution in [0.5, 0.6) is 0 Å². The van der Waals surface area contributed by atoms with E-state index in [9.17, 15) is 0 Å². The Kier molecular flexibility index (Phi) is 14.1. The average Bonchev–Trinajstić information content (AvgIpc) is 2.56. The molecule has 0 saturated carbocycles. The summed E-state index contributed by atoms with van der Waals surface area (Å²) in [6.07, 6.45) is 30.1. The molecule has 0 aromatic heterocycles. The van der Waals surface area contributed by atoms with E-state index in [2.05, 4.69) is 13.0 Å². The molecule has 0 bridgehead atoms. The van der Waals surface area contributed by atoms with Crippen molar-refractivity contribution in [2.24, 2.45) is 0 Å². The highest BCUT2D eigenvalue weighted by atomic mass is 14.1. The van der Waals surface area contributed by atoms with Crippen LogP contribution in [-0.2, 0) is 0 Å². The Morgan fingerprint density at radius 2 is 1.14 bits per heavy atom. The second-order valence-corrected chi connectivity index (χ2v) is 7.45. The highest BCUT2D eigenvalue weighted by molar-refractivity contribution is 5.04. The number of rotatable bonds is 15. The molecule has 0 heteroatoms. The van der Waals surface area contributed by atoms with Crippen molar-refractivity contribution in [2.75, 3.05) is 0 Å². The summed E-state index contributed by atoms with van der Waals surface area (Å²) in [6.45, 7) is 2.30. The highest BCUT2D eigenvalue weighted by Crippen LogP contribution is 2.22. The van der Waals surface area contributed by atoms with Crippen LogP contribution in [0.1, 0.15) is 129 Å². The van der Waals surface area contributed by atoms with E-state index in [-0.39, 0.29) is 0 Å². The minimum atomic E-state index is 1.36. The lowest BCUT2D eigenvalue weighted by Gasteiger charge is -2.12. The van der Waals surface area contributed by atoms with Crippen LogP contribution in [0.4, 0.5) is 0 Å². The van der Waals surface area contributed by atoms with E-state index < -0.39 is 0 Å². The molecule has 0 aromatic rings. The lowest BCUT2D eigenvalue weighted by Crippen LogP contribution is -1.92. The molecule has 0 amide bonds. The Morgan fingerprint density at radius 3 is 1.59 bits per heavy atom. The van der Waals surface area contributed by atoms with E-state index >= 15 is 0 Å². The molecule has 0 saturated heterocycles. The van der Waals surface area contributed by atoms with Gasteiger partial charge in [0.15, 0.2) is 0 Å². The Bertz CT molecular complexity index is 251. The fraction of sp³-hybridized carbons (Fsp3) is 0.909. The normalized spacial score (nSPS) is 15.0. The molecule has 1 aliphatic carbocycles. The van der Waals surface area contributed by atoms with Gasteiger partial charge in [-0.2, -0.15) is 0 Å². The molecular weight excluding hydrogens is 264 g/mol. The fourth-order valence-corrected chi connectivity index (χ4v) is 3.68. The van der Waals surface area contributed by atoms with E-state index in [0.717, 1.165) is 0 Å². The highest BCUT2D eigenvalue weighted by Gasteiger charge is 2.02. The minimum absolute atomic E-state index is 1.36. The van der Waals surface area contributed by atoms with Crippen LogP contribution in [0.2, 0.25) is 0 Å². The van der Waals surface area contributed by atoms with Gasteiger partial charge in [-0.05, 0) is 38.5 Å². The summed E-state index contributed by atoms with van der Waals surface area (Å²) < 4.78 is 0. The van der Waals surface area contributed by atoms with Crippen molar-refractivity contribution in [1.29, 1.82) is 0 Å². The van der Waals surface area contributed by atoms with Gasteiger partial charge in [-0.15, -0.1) is 0 Å². The zero-order chi connectivity index (χ0) is 15.7. The van der Waals surface area contributed by atoms with Crippen molar-refractivity contribution in [3.8, 4) is 0 Å². The van der Waals surface area contributed by atoms with Crippen molar-refractivity contribution in [3.05, 3.63) is 11.6 Å². The lowest BCUT2D eigenvalue weighted by atomic mass is 9.95. The van der Waals surface area contributed by atoms with Crippen molar-refractivity contribution in [2.45, 2.75) is 129 Å². The third kappa shape index (κ3) is 12.3. The van der Waals surface area contributed by atoms with Gasteiger partial charge in [0, 0.05) is 0 Å². The number of hydrogen-bond donors (Lipinski definition) is 0. The topological polar surface area (TPSA) is 0 Å². The van der Waals surface area contributed by atoms with Crippen LogP contribution in [0.15, 0.2) is 11.6 Å². The second-order valence-electron chi connectivity index (χ2n) is 7.45. The summed E-state index contributed by atoms with van der Waals surface area (Å²) in [5.74, 6) is 0. The predicted molar refractivity (Wildman–Crippen MR) is 101 cm³/mol. The van der Waals surface area contributed by atoms with Gasteiger partial charge in [0.2, 0.25) is 0 Å². The molecule has 1 rings (SSSR count). The Balaban J connectivity index is 1.70. The van der Waals surface area contributed by atoms with Crippen LogP contribution < -0.4 is 0 Å². The molecule has 1 aliphatic rings. The van der Waals surface area contributed by atoms with E-state index in [1.165, 1.54) is 122 Å². The molecule has 0 spiro atoms. The van der Waals surface area contributed by atoms with Gasteiger partial charge in [0.1, 0.15) is 0 Å². The minimum Gasteiger partial charge on any atom is -0.0853 e. The summed E-state index contributed by atoms with van der Waals surface area (Å²) in [5, 5.41) is 0. The van der Waals surface area contributed by atoms with Gasteiger partial charge in [-0.1, -0.05) is 102 Å². The zero-order valence-corrected chi connectivity index (χ0v) is 15.5. The monoisotopic (exact) mass is 306 g/mol. The molecule has 0 heterocycles. The Morgan fingerprint density at radius 1 is 0.636 bits per heavy atom. The Hall–Kier alpha value is -0.260. The van der Waals surface area contributed by atoms with Gasteiger partial charge in [0.25, 0.3) is 0 Å². The van der Waals surface area contributed by atoms with Gasteiger partial charge in [-0.3, -0.25) is 0 Å². The first-order chi connectivity index (χ1) is 10.9. The largest absolute Gasteiger partial charge is 0.0853 e. The fourth-order valence-electron chi connectivity index (χ4n) is 3.68. The SMILES string of the molecule is CCCCCCCCCCCCCCCCC1=CCCCC1. The molecule has 0 nitrogen and oxygen atoms in total. The maximum Gasteiger partial charge on any atom is -0.0320 e. The number of hydrogen-bond acceptors (Lipinski definition) is 0. The molecule has 22 heavy (non-hydrogen) atoms. The first kappa shape index (κ1) is 19.8. The first-order valence-electron chi connectivity index (χ1n) is 10.6. The molecule has 0 aliphatic heterocycles. The first-order valence-corrected chi connectivity index (χ1v) is 10.6. The molecule has 0 atom stereocenters. The van der Waals surface area contributed by atoms with Crippen LogP contribution in [0, 0.1) is 0 Å². The average molecular weight is 307 g/mol. The molecule has 0 aromatic carbocycles. The summed E-state index contributed by atoms with van der Waals surface area (Å²) in [5.41, 5.74) is 1.77. The number of unbranched alkanes of at least 4 members (excludes halogenated alkanes) is 13. The quantitative estimate of drug-likeness (QED) is 0.210. The van der Waals surface area contributed by atoms with Crippen LogP contribution >= 0.6 is 0 Å². The van der Waals surface area contributed by atoms with Crippen molar-refractivity contribution in [3.63, 3.8) is 0 Å². The second kappa shape index (κ2) is 15.6. The zero-order valence-electron chi connectivity index (χ0n) is 15.5. The van der Waals surface area contributed by atoms with E-state index in [4.69, 9.17) is 0 Å². The lowest BCUT2D eigenvalue weighted by molar-refractivity contribution is 0.533. The van der Waals surface area contributed by atoms with Crippen LogP contribution in [0.25, 0.3) is 0 Å². The standard InChI is InChI=1S/C22H42/c1-2-3-4-5-6-7-8-9-10-11-12-13-14-16-19-22-20-17-15-18-21-22/h20H,2-19,21H2,1H3. The smallest absolute Gasteiger partial charge is 0.0320 e. The molecular formula is C22H42. The van der Waals surface area contributed by atoms with Crippen molar-refractivity contribution in [1.82, 2.24) is 0 Å². The van der Waals surface area contributed by atoms with Gasteiger partial charge >= 0.3 is 0 Å². The van der Waals surface area contributed by atoms with E-state index in [1.807, 2.05) is 0 Å². The summed E-state index contributed by atoms with van der Waals surface area (Å²) in [4.78, 5) is 0. The maximum atomic E-state index is 2.52. The van der Waals surface area contributed by atoms with Crippen LogP contribution in [0.3, 0.4) is 0 Å². The predicted octanol–water partition coefficient (Wildman–Crippen LogP) is 8.36. The van der Waals surface area contributed by atoms with Crippen molar-refractivity contribution < 1.29 is 0 Å². The van der Waals surface area contributed by atoms with Crippen LogP contribution in [-0.4, -0.2) is 0 Å². The third-order valence-corrected chi connectivity index (χ3v) is 5.24. The number of allylic oxidation sites excluding steroid dienone is 2.